The van der Waals surface area contributed by atoms with E-state index in [1.54, 1.807) is 0 Å². The zero-order valence-electron chi connectivity index (χ0n) is 8.00. The molecule has 0 radical (unpaired) electrons. The molecule has 0 saturated heterocycles. The Hall–Kier alpha value is 0.140. The lowest BCUT2D eigenvalue weighted by atomic mass is 10.0. The smallest absolute Gasteiger partial charge is 0.0568 e. The van der Waals surface area contributed by atoms with Gasteiger partial charge in [0.1, 0.15) is 0 Å². The van der Waals surface area contributed by atoms with E-state index in [-0.39, 0.29) is 5.54 Å². The first-order valence-corrected chi connectivity index (χ1v) is 6.93. The fourth-order valence-electron chi connectivity index (χ4n) is 3.08. The third-order valence-electron chi connectivity index (χ3n) is 3.88. The molecule has 1 aromatic heterocycles. The molecule has 2 aliphatic rings. The third-order valence-corrected chi connectivity index (χ3v) is 5.74. The summed E-state index contributed by atoms with van der Waals surface area (Å²) in [6, 6.07) is 2.21. The predicted octanol–water partition coefficient (Wildman–Crippen LogP) is 3.48. The van der Waals surface area contributed by atoms with Crippen LogP contribution in [0.3, 0.4) is 0 Å². The van der Waals surface area contributed by atoms with Gasteiger partial charge in [0.15, 0.2) is 0 Å². The maximum absolute atomic E-state index is 6.52. The molecule has 2 atom stereocenters. The third kappa shape index (κ3) is 1.15. The van der Waals surface area contributed by atoms with Crippen molar-refractivity contribution in [2.75, 3.05) is 0 Å². The molecule has 0 aromatic carbocycles. The van der Waals surface area contributed by atoms with Crippen LogP contribution < -0.4 is 5.73 Å². The second-order valence-electron chi connectivity index (χ2n) is 4.56. The van der Waals surface area contributed by atoms with Crippen LogP contribution >= 0.6 is 27.3 Å². The normalized spacial score (nSPS) is 40.7. The van der Waals surface area contributed by atoms with Gasteiger partial charge < -0.3 is 5.73 Å². The molecule has 2 fully saturated rings. The highest BCUT2D eigenvalue weighted by Gasteiger charge is 2.63. The van der Waals surface area contributed by atoms with Crippen molar-refractivity contribution in [1.82, 2.24) is 0 Å². The van der Waals surface area contributed by atoms with E-state index >= 15 is 0 Å². The zero-order valence-corrected chi connectivity index (χ0v) is 10.4. The van der Waals surface area contributed by atoms with Gasteiger partial charge in [-0.25, -0.2) is 0 Å². The summed E-state index contributed by atoms with van der Waals surface area (Å²) in [4.78, 5) is 1.39. The Morgan fingerprint density at radius 2 is 2.00 bits per heavy atom. The Morgan fingerprint density at radius 3 is 2.50 bits per heavy atom. The molecule has 14 heavy (non-hydrogen) atoms. The molecule has 2 saturated carbocycles. The first kappa shape index (κ1) is 9.37. The highest BCUT2D eigenvalue weighted by atomic mass is 79.9. The molecule has 2 unspecified atom stereocenters. The van der Waals surface area contributed by atoms with Gasteiger partial charge in [0.05, 0.1) is 5.54 Å². The average Bonchev–Trinajstić information content (AvgIpc) is 2.57. The fourth-order valence-corrected chi connectivity index (χ4v) is 4.75. The van der Waals surface area contributed by atoms with Crippen molar-refractivity contribution in [1.29, 1.82) is 0 Å². The Bertz CT molecular complexity index is 348. The molecule has 0 aliphatic heterocycles. The van der Waals surface area contributed by atoms with Crippen LogP contribution in [0.25, 0.3) is 0 Å². The predicted molar refractivity (Wildman–Crippen MR) is 63.3 cm³/mol. The first-order chi connectivity index (χ1) is 6.73. The number of hydrogen-bond acceptors (Lipinski definition) is 2. The lowest BCUT2D eigenvalue weighted by molar-refractivity contribution is 0.480. The molecule has 2 N–H and O–H groups in total. The molecule has 1 nitrogen and oxygen atoms in total. The molecule has 1 heterocycles. The van der Waals surface area contributed by atoms with Gasteiger partial charge in [-0.15, -0.1) is 11.3 Å². The fraction of sp³-hybridized carbons (Fsp3) is 0.636. The average molecular weight is 272 g/mol. The summed E-state index contributed by atoms with van der Waals surface area (Å²) in [5.41, 5.74) is 6.57. The van der Waals surface area contributed by atoms with Crippen LogP contribution in [0.5, 0.6) is 0 Å². The molecule has 0 spiro atoms. The second kappa shape index (κ2) is 3.06. The monoisotopic (exact) mass is 271 g/mol. The quantitative estimate of drug-likeness (QED) is 0.832. The van der Waals surface area contributed by atoms with Crippen LogP contribution in [0, 0.1) is 11.8 Å². The Balaban J connectivity index is 1.92. The van der Waals surface area contributed by atoms with E-state index in [9.17, 15) is 0 Å². The molecule has 3 heteroatoms. The first-order valence-electron chi connectivity index (χ1n) is 5.26. The summed E-state index contributed by atoms with van der Waals surface area (Å²) in [7, 11) is 0. The molecular formula is C11H14BrNS. The number of fused-ring (bicyclic) bond motifs is 1. The van der Waals surface area contributed by atoms with Gasteiger partial charge in [0, 0.05) is 14.7 Å². The van der Waals surface area contributed by atoms with E-state index in [1.807, 2.05) is 11.3 Å². The lowest BCUT2D eigenvalue weighted by Crippen LogP contribution is -2.22. The van der Waals surface area contributed by atoms with Crippen molar-refractivity contribution >= 4 is 27.3 Å². The number of thiophene rings is 1. The summed E-state index contributed by atoms with van der Waals surface area (Å²) in [6.45, 7) is 0. The molecular weight excluding hydrogens is 258 g/mol. The molecule has 3 rings (SSSR count). The highest BCUT2D eigenvalue weighted by molar-refractivity contribution is 9.10. The summed E-state index contributed by atoms with van der Waals surface area (Å²) < 4.78 is 1.19. The van der Waals surface area contributed by atoms with Crippen LogP contribution in [0.1, 0.15) is 30.6 Å². The largest absolute Gasteiger partial charge is 0.320 e. The van der Waals surface area contributed by atoms with Gasteiger partial charge in [-0.1, -0.05) is 12.8 Å². The summed E-state index contributed by atoms with van der Waals surface area (Å²) >= 11 is 5.32. The molecule has 0 amide bonds. The van der Waals surface area contributed by atoms with Crippen molar-refractivity contribution in [2.24, 2.45) is 17.6 Å². The maximum atomic E-state index is 6.52. The standard InChI is InChI=1S/C11H14BrNS/c12-7-5-10(14-6-7)11(13)8-3-1-2-4-9(8)11/h5-6,8-9H,1-4,13H2. The van der Waals surface area contributed by atoms with Crippen molar-refractivity contribution in [3.8, 4) is 0 Å². The van der Waals surface area contributed by atoms with Gasteiger partial charge in [0.2, 0.25) is 0 Å². The van der Waals surface area contributed by atoms with E-state index in [2.05, 4.69) is 27.4 Å². The number of hydrogen-bond donors (Lipinski definition) is 1. The van der Waals surface area contributed by atoms with Crippen LogP contribution in [0.15, 0.2) is 15.9 Å². The molecule has 2 aliphatic carbocycles. The van der Waals surface area contributed by atoms with Crippen LogP contribution in [-0.2, 0) is 5.54 Å². The molecule has 76 valence electrons. The van der Waals surface area contributed by atoms with Gasteiger partial charge in [0.25, 0.3) is 0 Å². The Kier molecular flexibility index (Phi) is 2.05. The van der Waals surface area contributed by atoms with E-state index in [0.717, 1.165) is 11.8 Å². The van der Waals surface area contributed by atoms with Crippen molar-refractivity contribution in [3.63, 3.8) is 0 Å². The van der Waals surface area contributed by atoms with Crippen molar-refractivity contribution < 1.29 is 0 Å². The zero-order chi connectivity index (χ0) is 9.76. The highest BCUT2D eigenvalue weighted by Crippen LogP contribution is 2.63. The molecule has 0 bridgehead atoms. The number of halogens is 1. The van der Waals surface area contributed by atoms with E-state index in [4.69, 9.17) is 5.73 Å². The second-order valence-corrected chi connectivity index (χ2v) is 6.39. The topological polar surface area (TPSA) is 26.0 Å². The maximum Gasteiger partial charge on any atom is 0.0568 e. The van der Waals surface area contributed by atoms with E-state index in [0.29, 0.717) is 0 Å². The van der Waals surface area contributed by atoms with Crippen LogP contribution in [0.4, 0.5) is 0 Å². The minimum atomic E-state index is 0.0488. The number of rotatable bonds is 1. The lowest BCUT2D eigenvalue weighted by Gasteiger charge is -2.07. The van der Waals surface area contributed by atoms with E-state index in [1.165, 1.54) is 35.0 Å². The van der Waals surface area contributed by atoms with Crippen molar-refractivity contribution in [2.45, 2.75) is 31.2 Å². The van der Waals surface area contributed by atoms with Gasteiger partial charge >= 0.3 is 0 Å². The summed E-state index contributed by atoms with van der Waals surface area (Å²) in [6.07, 6.45) is 5.45. The van der Waals surface area contributed by atoms with E-state index < -0.39 is 0 Å². The van der Waals surface area contributed by atoms with Gasteiger partial charge in [-0.2, -0.15) is 0 Å². The van der Waals surface area contributed by atoms with Crippen LogP contribution in [0.2, 0.25) is 0 Å². The minimum absolute atomic E-state index is 0.0488. The van der Waals surface area contributed by atoms with Gasteiger partial charge in [-0.3, -0.25) is 0 Å². The number of nitrogens with two attached hydrogens (primary N) is 1. The van der Waals surface area contributed by atoms with Crippen LogP contribution in [-0.4, -0.2) is 0 Å². The van der Waals surface area contributed by atoms with Gasteiger partial charge in [-0.05, 0) is 46.7 Å². The summed E-state index contributed by atoms with van der Waals surface area (Å²) in [5, 5.41) is 2.15. The Labute approximate surface area is 96.8 Å². The Morgan fingerprint density at radius 1 is 1.36 bits per heavy atom. The summed E-state index contributed by atoms with van der Waals surface area (Å²) in [5.74, 6) is 1.56. The minimum Gasteiger partial charge on any atom is -0.320 e. The van der Waals surface area contributed by atoms with Crippen molar-refractivity contribution in [3.05, 3.63) is 20.8 Å². The SMILES string of the molecule is NC1(c2cc(Br)cs2)C2CCCCC21. The molecule has 1 aromatic rings.